The number of nitrogens with zero attached hydrogens (tertiary/aromatic N) is 4. The Balaban J connectivity index is 1.63. The van der Waals surface area contributed by atoms with E-state index in [0.717, 1.165) is 12.8 Å². The van der Waals surface area contributed by atoms with Crippen molar-refractivity contribution in [2.75, 3.05) is 11.9 Å². The summed E-state index contributed by atoms with van der Waals surface area (Å²) >= 11 is 0. The number of carbonyl (C=O) groups is 1. The number of aromatic nitrogens is 2. The molecule has 2 amide bonds. The minimum Gasteiger partial charge on any atom is -0.339 e. The van der Waals surface area contributed by atoms with Gasteiger partial charge in [-0.25, -0.2) is 4.79 Å². The van der Waals surface area contributed by atoms with Crippen LogP contribution in [-0.2, 0) is 6.54 Å². The second-order valence-corrected chi connectivity index (χ2v) is 5.81. The van der Waals surface area contributed by atoms with Crippen molar-refractivity contribution in [3.63, 3.8) is 0 Å². The Morgan fingerprint density at radius 3 is 3.00 bits per heavy atom. The molecule has 2 aromatic rings. The molecule has 7 nitrogen and oxygen atoms in total. The van der Waals surface area contributed by atoms with Crippen LogP contribution in [0.5, 0.6) is 0 Å². The molecule has 0 spiro atoms. The van der Waals surface area contributed by atoms with E-state index in [1.165, 1.54) is 6.42 Å². The Labute approximate surface area is 140 Å². The van der Waals surface area contributed by atoms with Crippen LogP contribution in [-0.4, -0.2) is 27.6 Å². The molecule has 0 atom stereocenters. The average molecular weight is 325 g/mol. The first-order valence-corrected chi connectivity index (χ1v) is 8.08. The van der Waals surface area contributed by atoms with Gasteiger partial charge in [0.15, 0.2) is 5.82 Å². The molecule has 3 rings (SSSR count). The largest absolute Gasteiger partial charge is 0.339 e. The van der Waals surface area contributed by atoms with Crippen LogP contribution in [0.1, 0.15) is 49.4 Å². The van der Waals surface area contributed by atoms with Gasteiger partial charge < -0.3 is 14.7 Å². The number of carbonyl (C=O) groups excluding carboxylic acids is 1. The molecule has 0 radical (unpaired) electrons. The highest BCUT2D eigenvalue weighted by atomic mass is 16.5. The number of nitrogens with one attached hydrogen (secondary N) is 1. The molecule has 1 aliphatic carbocycles. The van der Waals surface area contributed by atoms with Crippen molar-refractivity contribution in [1.29, 1.82) is 5.26 Å². The Bertz CT molecular complexity index is 760. The van der Waals surface area contributed by atoms with E-state index in [1.54, 1.807) is 29.2 Å². The first-order chi connectivity index (χ1) is 11.7. The smallest absolute Gasteiger partial charge is 0.322 e. The summed E-state index contributed by atoms with van der Waals surface area (Å²) in [6.07, 6.45) is 3.39. The Kier molecular flexibility index (Phi) is 4.75. The second-order valence-electron chi connectivity index (χ2n) is 5.81. The van der Waals surface area contributed by atoms with E-state index < -0.39 is 0 Å². The summed E-state index contributed by atoms with van der Waals surface area (Å²) in [5, 5.41) is 15.7. The lowest BCUT2D eigenvalue weighted by Crippen LogP contribution is -2.34. The van der Waals surface area contributed by atoms with Crippen molar-refractivity contribution in [1.82, 2.24) is 15.0 Å². The number of nitriles is 1. The van der Waals surface area contributed by atoms with Crippen LogP contribution in [0.2, 0.25) is 0 Å². The van der Waals surface area contributed by atoms with E-state index in [9.17, 15) is 4.79 Å². The van der Waals surface area contributed by atoms with Gasteiger partial charge in [0, 0.05) is 18.2 Å². The van der Waals surface area contributed by atoms with Crippen molar-refractivity contribution in [2.45, 2.75) is 38.6 Å². The molecule has 0 bridgehead atoms. The number of benzene rings is 1. The standard InChI is InChI=1S/C17H19N5O2/c1-2-22(11-15-20-16(24-21-15)13-6-4-7-13)17(23)19-14-8-3-5-12(9-14)10-18/h3,5,8-9,13H,2,4,6-7,11H2,1H3,(H,19,23). The Hall–Kier alpha value is -2.88. The van der Waals surface area contributed by atoms with E-state index in [0.29, 0.717) is 35.4 Å². The van der Waals surface area contributed by atoms with Gasteiger partial charge in [-0.3, -0.25) is 0 Å². The Morgan fingerprint density at radius 2 is 2.33 bits per heavy atom. The van der Waals surface area contributed by atoms with Crippen LogP contribution in [0.3, 0.4) is 0 Å². The third-order valence-corrected chi connectivity index (χ3v) is 4.18. The van der Waals surface area contributed by atoms with Gasteiger partial charge in [0.1, 0.15) is 0 Å². The summed E-state index contributed by atoms with van der Waals surface area (Å²) in [4.78, 5) is 18.4. The van der Waals surface area contributed by atoms with E-state index in [4.69, 9.17) is 9.78 Å². The fourth-order valence-electron chi connectivity index (χ4n) is 2.52. The van der Waals surface area contributed by atoms with Gasteiger partial charge in [0.05, 0.1) is 18.2 Å². The highest BCUT2D eigenvalue weighted by molar-refractivity contribution is 5.89. The molecule has 1 fully saturated rings. The van der Waals surface area contributed by atoms with Crippen molar-refractivity contribution in [3.8, 4) is 6.07 Å². The van der Waals surface area contributed by atoms with Crippen LogP contribution < -0.4 is 5.32 Å². The number of hydrogen-bond donors (Lipinski definition) is 1. The maximum absolute atomic E-state index is 12.4. The van der Waals surface area contributed by atoms with Crippen molar-refractivity contribution >= 4 is 11.7 Å². The fraction of sp³-hybridized carbons (Fsp3) is 0.412. The zero-order valence-corrected chi connectivity index (χ0v) is 13.5. The predicted molar refractivity (Wildman–Crippen MR) is 87.1 cm³/mol. The maximum atomic E-state index is 12.4. The molecule has 7 heteroatoms. The zero-order chi connectivity index (χ0) is 16.9. The van der Waals surface area contributed by atoms with Crippen molar-refractivity contribution in [2.24, 2.45) is 0 Å². The first-order valence-electron chi connectivity index (χ1n) is 8.08. The molecule has 0 aliphatic heterocycles. The molecule has 1 aromatic carbocycles. The summed E-state index contributed by atoms with van der Waals surface area (Å²) in [5.74, 6) is 1.57. The molecular formula is C17H19N5O2. The van der Waals surface area contributed by atoms with Gasteiger partial charge in [0.25, 0.3) is 0 Å². The van der Waals surface area contributed by atoms with E-state index in [2.05, 4.69) is 21.5 Å². The highest BCUT2D eigenvalue weighted by Gasteiger charge is 2.26. The molecule has 0 saturated heterocycles. The lowest BCUT2D eigenvalue weighted by atomic mass is 9.85. The Morgan fingerprint density at radius 1 is 1.50 bits per heavy atom. The number of anilines is 1. The third-order valence-electron chi connectivity index (χ3n) is 4.18. The molecule has 24 heavy (non-hydrogen) atoms. The topological polar surface area (TPSA) is 95.1 Å². The molecule has 1 saturated carbocycles. The highest BCUT2D eigenvalue weighted by Crippen LogP contribution is 2.35. The number of hydrogen-bond acceptors (Lipinski definition) is 5. The normalized spacial score (nSPS) is 13.8. The lowest BCUT2D eigenvalue weighted by molar-refractivity contribution is 0.210. The van der Waals surface area contributed by atoms with Gasteiger partial charge in [-0.15, -0.1) is 0 Å². The quantitative estimate of drug-likeness (QED) is 0.910. The number of rotatable bonds is 5. The van der Waals surface area contributed by atoms with Gasteiger partial charge in [-0.1, -0.05) is 17.6 Å². The van der Waals surface area contributed by atoms with Gasteiger partial charge in [0.2, 0.25) is 5.89 Å². The van der Waals surface area contributed by atoms with Gasteiger partial charge in [-0.2, -0.15) is 10.2 Å². The van der Waals surface area contributed by atoms with Crippen molar-refractivity contribution < 1.29 is 9.32 Å². The van der Waals surface area contributed by atoms with Crippen LogP contribution in [0.15, 0.2) is 28.8 Å². The van der Waals surface area contributed by atoms with E-state index >= 15 is 0 Å². The van der Waals surface area contributed by atoms with Gasteiger partial charge >= 0.3 is 6.03 Å². The molecule has 0 unspecified atom stereocenters. The fourth-order valence-corrected chi connectivity index (χ4v) is 2.52. The van der Waals surface area contributed by atoms with Crippen LogP contribution >= 0.6 is 0 Å². The second kappa shape index (κ2) is 7.13. The van der Waals surface area contributed by atoms with Gasteiger partial charge in [-0.05, 0) is 38.0 Å². The minimum absolute atomic E-state index is 0.261. The molecule has 1 aromatic heterocycles. The summed E-state index contributed by atoms with van der Waals surface area (Å²) in [6, 6.07) is 8.59. The summed E-state index contributed by atoms with van der Waals surface area (Å²) in [5.41, 5.74) is 1.08. The van der Waals surface area contributed by atoms with E-state index in [1.807, 2.05) is 6.92 Å². The maximum Gasteiger partial charge on any atom is 0.322 e. The van der Waals surface area contributed by atoms with Crippen LogP contribution in [0.25, 0.3) is 0 Å². The lowest BCUT2D eigenvalue weighted by Gasteiger charge is -2.21. The minimum atomic E-state index is -0.261. The monoisotopic (exact) mass is 325 g/mol. The molecule has 1 aliphatic rings. The van der Waals surface area contributed by atoms with E-state index in [-0.39, 0.29) is 12.6 Å². The number of amides is 2. The molecular weight excluding hydrogens is 306 g/mol. The first kappa shape index (κ1) is 16.0. The van der Waals surface area contributed by atoms with Crippen molar-refractivity contribution in [3.05, 3.63) is 41.5 Å². The molecule has 1 N–H and O–H groups in total. The van der Waals surface area contributed by atoms with Crippen LogP contribution in [0.4, 0.5) is 10.5 Å². The molecule has 124 valence electrons. The van der Waals surface area contributed by atoms with Crippen LogP contribution in [0, 0.1) is 11.3 Å². The average Bonchev–Trinajstić information content (AvgIpc) is 2.99. The summed E-state index contributed by atoms with van der Waals surface area (Å²) in [7, 11) is 0. The summed E-state index contributed by atoms with van der Waals surface area (Å²) < 4.78 is 5.29. The SMILES string of the molecule is CCN(Cc1noc(C2CCC2)n1)C(=O)Nc1cccc(C#N)c1. The number of urea groups is 1. The summed E-state index contributed by atoms with van der Waals surface area (Å²) in [6.45, 7) is 2.69. The third kappa shape index (κ3) is 3.54. The predicted octanol–water partition coefficient (Wildman–Crippen LogP) is 3.26. The zero-order valence-electron chi connectivity index (χ0n) is 13.5. The molecule has 1 heterocycles.